The highest BCUT2D eigenvalue weighted by molar-refractivity contribution is 5.77. The molecule has 0 spiro atoms. The third-order valence-electron chi connectivity index (χ3n) is 2.53. The molecule has 0 aliphatic carbocycles. The van der Waals surface area contributed by atoms with Crippen LogP contribution in [0.5, 0.6) is 0 Å². The molecule has 1 amide bonds. The lowest BCUT2D eigenvalue weighted by molar-refractivity contribution is -0.136. The fraction of sp³-hybridized carbons (Fsp3) is 0.909. The molecule has 1 heterocycles. The van der Waals surface area contributed by atoms with E-state index in [1.54, 1.807) is 0 Å². The fourth-order valence-electron chi connectivity index (χ4n) is 1.47. The minimum absolute atomic E-state index is 0.0309. The van der Waals surface area contributed by atoms with Crippen molar-refractivity contribution in [3.63, 3.8) is 0 Å². The topological polar surface area (TPSA) is 59.6 Å². The van der Waals surface area contributed by atoms with Crippen LogP contribution in [0.1, 0.15) is 20.8 Å². The van der Waals surface area contributed by atoms with Gasteiger partial charge in [-0.25, -0.2) is 0 Å². The zero-order valence-corrected chi connectivity index (χ0v) is 10.3. The summed E-state index contributed by atoms with van der Waals surface area (Å²) in [6.07, 6.45) is 0. The molecular weight excluding hydrogens is 208 g/mol. The number of amides is 1. The summed E-state index contributed by atoms with van der Waals surface area (Å²) in [6, 6.07) is 0.0309. The van der Waals surface area contributed by atoms with E-state index in [9.17, 15) is 4.79 Å². The van der Waals surface area contributed by atoms with Crippen molar-refractivity contribution in [1.29, 1.82) is 0 Å². The first-order valence-electron chi connectivity index (χ1n) is 5.77. The van der Waals surface area contributed by atoms with Crippen LogP contribution in [0.4, 0.5) is 0 Å². The summed E-state index contributed by atoms with van der Waals surface area (Å²) in [7, 11) is 0. The van der Waals surface area contributed by atoms with Gasteiger partial charge in [-0.3, -0.25) is 4.79 Å². The van der Waals surface area contributed by atoms with E-state index < -0.39 is 0 Å². The number of carbonyl (C=O) groups is 1. The number of rotatable bonds is 7. The predicted octanol–water partition coefficient (Wildman–Crippen LogP) is -0.0939. The standard InChI is InChI=1S/C11H22N2O3/c1-4-15-5-9(2)13-10(14)6-16-11(3)7-12-8-11/h9,12H,4-8H2,1-3H3,(H,13,14). The molecule has 5 nitrogen and oxygen atoms in total. The number of hydrogen-bond donors (Lipinski definition) is 2. The van der Waals surface area contributed by atoms with Crippen molar-refractivity contribution in [3.8, 4) is 0 Å². The molecule has 1 rings (SSSR count). The van der Waals surface area contributed by atoms with E-state index >= 15 is 0 Å². The fourth-order valence-corrected chi connectivity index (χ4v) is 1.47. The van der Waals surface area contributed by atoms with Crippen molar-refractivity contribution in [2.24, 2.45) is 0 Å². The van der Waals surface area contributed by atoms with E-state index in [4.69, 9.17) is 9.47 Å². The van der Waals surface area contributed by atoms with Crippen LogP contribution in [0, 0.1) is 0 Å². The van der Waals surface area contributed by atoms with Crippen LogP contribution >= 0.6 is 0 Å². The molecular formula is C11H22N2O3. The molecule has 5 heteroatoms. The lowest BCUT2D eigenvalue weighted by Gasteiger charge is -2.38. The first-order chi connectivity index (χ1) is 7.56. The zero-order valence-electron chi connectivity index (χ0n) is 10.3. The van der Waals surface area contributed by atoms with Gasteiger partial charge in [0.2, 0.25) is 5.91 Å². The molecule has 1 aliphatic rings. The first-order valence-corrected chi connectivity index (χ1v) is 5.77. The maximum Gasteiger partial charge on any atom is 0.246 e. The highest BCUT2D eigenvalue weighted by atomic mass is 16.5. The van der Waals surface area contributed by atoms with Gasteiger partial charge in [-0.1, -0.05) is 0 Å². The van der Waals surface area contributed by atoms with Gasteiger partial charge in [0.25, 0.3) is 0 Å². The minimum atomic E-state index is -0.166. The Kier molecular flexibility index (Phi) is 5.18. The molecule has 0 aromatic carbocycles. The molecule has 0 radical (unpaired) electrons. The summed E-state index contributed by atoms with van der Waals surface area (Å²) in [6.45, 7) is 8.81. The number of carbonyl (C=O) groups excluding carboxylic acids is 1. The van der Waals surface area contributed by atoms with Crippen molar-refractivity contribution in [1.82, 2.24) is 10.6 Å². The van der Waals surface area contributed by atoms with Crippen LogP contribution in [0.3, 0.4) is 0 Å². The maximum absolute atomic E-state index is 11.5. The van der Waals surface area contributed by atoms with Gasteiger partial charge in [0, 0.05) is 25.7 Å². The van der Waals surface area contributed by atoms with Gasteiger partial charge in [-0.05, 0) is 20.8 Å². The molecule has 0 aromatic heterocycles. The Balaban J connectivity index is 2.10. The van der Waals surface area contributed by atoms with Gasteiger partial charge in [-0.2, -0.15) is 0 Å². The van der Waals surface area contributed by atoms with Crippen molar-refractivity contribution in [2.75, 3.05) is 32.9 Å². The predicted molar refractivity (Wildman–Crippen MR) is 61.3 cm³/mol. The van der Waals surface area contributed by atoms with Crippen LogP contribution in [0.25, 0.3) is 0 Å². The lowest BCUT2D eigenvalue weighted by Crippen LogP contribution is -2.59. The smallest absolute Gasteiger partial charge is 0.246 e. The average Bonchev–Trinajstić information content (AvgIpc) is 2.21. The Morgan fingerprint density at radius 1 is 1.56 bits per heavy atom. The Morgan fingerprint density at radius 3 is 2.75 bits per heavy atom. The molecule has 1 aliphatic heterocycles. The van der Waals surface area contributed by atoms with Gasteiger partial charge in [0.05, 0.1) is 12.2 Å². The largest absolute Gasteiger partial charge is 0.380 e. The molecule has 0 aromatic rings. The van der Waals surface area contributed by atoms with Crippen LogP contribution in [0.15, 0.2) is 0 Å². The molecule has 94 valence electrons. The van der Waals surface area contributed by atoms with Gasteiger partial charge >= 0.3 is 0 Å². The van der Waals surface area contributed by atoms with Gasteiger partial charge in [0.15, 0.2) is 0 Å². The van der Waals surface area contributed by atoms with Crippen molar-refractivity contribution >= 4 is 5.91 Å². The highest BCUT2D eigenvalue weighted by Gasteiger charge is 2.33. The van der Waals surface area contributed by atoms with Crippen molar-refractivity contribution in [2.45, 2.75) is 32.4 Å². The van der Waals surface area contributed by atoms with Crippen LogP contribution in [-0.4, -0.2) is 50.5 Å². The third-order valence-corrected chi connectivity index (χ3v) is 2.53. The van der Waals surface area contributed by atoms with E-state index in [1.807, 2.05) is 20.8 Å². The Labute approximate surface area is 96.9 Å². The van der Waals surface area contributed by atoms with Gasteiger partial charge in [-0.15, -0.1) is 0 Å². The van der Waals surface area contributed by atoms with Crippen LogP contribution in [-0.2, 0) is 14.3 Å². The SMILES string of the molecule is CCOCC(C)NC(=O)COC1(C)CNC1. The van der Waals surface area contributed by atoms with E-state index in [2.05, 4.69) is 10.6 Å². The molecule has 1 atom stereocenters. The number of ether oxygens (including phenoxy) is 2. The van der Waals surface area contributed by atoms with Gasteiger partial charge < -0.3 is 20.1 Å². The summed E-state index contributed by atoms with van der Waals surface area (Å²) in [5.74, 6) is -0.0830. The first kappa shape index (κ1) is 13.4. The second-order valence-electron chi connectivity index (χ2n) is 4.47. The molecule has 2 N–H and O–H groups in total. The molecule has 0 saturated carbocycles. The lowest BCUT2D eigenvalue weighted by atomic mass is 10.0. The Morgan fingerprint density at radius 2 is 2.25 bits per heavy atom. The average molecular weight is 230 g/mol. The quantitative estimate of drug-likeness (QED) is 0.641. The molecule has 1 fully saturated rings. The normalized spacial score (nSPS) is 19.9. The maximum atomic E-state index is 11.5. The van der Waals surface area contributed by atoms with Crippen LogP contribution < -0.4 is 10.6 Å². The summed E-state index contributed by atoms with van der Waals surface area (Å²) in [5.41, 5.74) is -0.166. The van der Waals surface area contributed by atoms with Crippen molar-refractivity contribution in [3.05, 3.63) is 0 Å². The minimum Gasteiger partial charge on any atom is -0.380 e. The highest BCUT2D eigenvalue weighted by Crippen LogP contribution is 2.14. The monoisotopic (exact) mass is 230 g/mol. The molecule has 0 bridgehead atoms. The molecule has 16 heavy (non-hydrogen) atoms. The third kappa shape index (κ3) is 4.47. The molecule has 1 saturated heterocycles. The Hall–Kier alpha value is -0.650. The second kappa shape index (κ2) is 6.18. The van der Waals surface area contributed by atoms with E-state index in [0.29, 0.717) is 13.2 Å². The molecule has 1 unspecified atom stereocenters. The van der Waals surface area contributed by atoms with E-state index in [-0.39, 0.29) is 24.2 Å². The summed E-state index contributed by atoms with van der Waals surface area (Å²) in [5, 5.41) is 5.94. The second-order valence-corrected chi connectivity index (χ2v) is 4.47. The van der Waals surface area contributed by atoms with E-state index in [1.165, 1.54) is 0 Å². The summed E-state index contributed by atoms with van der Waals surface area (Å²) < 4.78 is 10.7. The van der Waals surface area contributed by atoms with Gasteiger partial charge in [0.1, 0.15) is 6.61 Å². The number of nitrogens with one attached hydrogen (secondary N) is 2. The number of hydrogen-bond acceptors (Lipinski definition) is 4. The van der Waals surface area contributed by atoms with Crippen molar-refractivity contribution < 1.29 is 14.3 Å². The Bertz CT molecular complexity index is 229. The van der Waals surface area contributed by atoms with Crippen LogP contribution in [0.2, 0.25) is 0 Å². The summed E-state index contributed by atoms with van der Waals surface area (Å²) in [4.78, 5) is 11.5. The zero-order chi connectivity index (χ0) is 12.0. The summed E-state index contributed by atoms with van der Waals surface area (Å²) >= 11 is 0. The van der Waals surface area contributed by atoms with E-state index in [0.717, 1.165) is 13.1 Å².